The first-order valence-corrected chi connectivity index (χ1v) is 5.45. The molecule has 3 atom stereocenters. The van der Waals surface area contributed by atoms with Gasteiger partial charge in [0.15, 0.2) is 0 Å². The Morgan fingerprint density at radius 1 is 1.50 bits per heavy atom. The summed E-state index contributed by atoms with van der Waals surface area (Å²) in [7, 11) is 1.36. The number of aliphatic hydroxyl groups is 2. The molecule has 2 aliphatic carbocycles. The minimum absolute atomic E-state index is 0.0293. The fraction of sp³-hybridized carbons (Fsp3) is 0.583. The van der Waals surface area contributed by atoms with Gasteiger partial charge < -0.3 is 14.9 Å². The predicted octanol–water partition coefficient (Wildman–Crippen LogP) is 0.405. The van der Waals surface area contributed by atoms with Crippen LogP contribution in [0.1, 0.15) is 12.8 Å². The Balaban J connectivity index is 2.26. The van der Waals surface area contributed by atoms with E-state index in [-0.39, 0.29) is 24.4 Å². The number of hydrogen-bond donors (Lipinski definition) is 2. The molecule has 0 radical (unpaired) electrons. The molecule has 0 aromatic carbocycles. The van der Waals surface area contributed by atoms with Gasteiger partial charge in [0.05, 0.1) is 19.8 Å². The van der Waals surface area contributed by atoms with Crippen molar-refractivity contribution >= 4 is 5.97 Å². The molecule has 2 aliphatic rings. The lowest BCUT2D eigenvalue weighted by atomic mass is 9.76. The second kappa shape index (κ2) is 4.39. The summed E-state index contributed by atoms with van der Waals surface area (Å²) in [6.07, 6.45) is 4.31. The van der Waals surface area contributed by atoms with Crippen LogP contribution in [0.15, 0.2) is 23.3 Å². The van der Waals surface area contributed by atoms with Crippen molar-refractivity contribution < 1.29 is 19.7 Å². The number of hydrogen-bond acceptors (Lipinski definition) is 4. The molecule has 2 N–H and O–H groups in total. The smallest absolute Gasteiger partial charge is 0.333 e. The van der Waals surface area contributed by atoms with Crippen molar-refractivity contribution in [3.05, 3.63) is 23.3 Å². The van der Waals surface area contributed by atoms with E-state index in [1.165, 1.54) is 7.11 Å². The second-order valence-electron chi connectivity index (χ2n) is 4.26. The summed E-state index contributed by atoms with van der Waals surface area (Å²) in [4.78, 5) is 11.6. The molecule has 4 nitrogen and oxygen atoms in total. The van der Waals surface area contributed by atoms with Crippen LogP contribution in [0.25, 0.3) is 0 Å². The lowest BCUT2D eigenvalue weighted by molar-refractivity contribution is -0.137. The molecule has 0 bridgehead atoms. The van der Waals surface area contributed by atoms with E-state index in [0.29, 0.717) is 18.4 Å². The number of allylic oxidation sites excluding steroid dienone is 1. The van der Waals surface area contributed by atoms with Gasteiger partial charge in [0.2, 0.25) is 0 Å². The van der Waals surface area contributed by atoms with E-state index in [2.05, 4.69) is 0 Å². The maximum Gasteiger partial charge on any atom is 0.333 e. The van der Waals surface area contributed by atoms with Gasteiger partial charge in [-0.15, -0.1) is 0 Å². The number of fused-ring (bicyclic) bond motifs is 1. The van der Waals surface area contributed by atoms with Gasteiger partial charge in [0, 0.05) is 17.4 Å². The fourth-order valence-electron chi connectivity index (χ4n) is 2.72. The van der Waals surface area contributed by atoms with Gasteiger partial charge in [-0.25, -0.2) is 4.79 Å². The first kappa shape index (κ1) is 11.4. The lowest BCUT2D eigenvalue weighted by Crippen LogP contribution is -2.34. The molecule has 0 unspecified atom stereocenters. The Bertz CT molecular complexity index is 356. The van der Waals surface area contributed by atoms with Crippen molar-refractivity contribution in [3.63, 3.8) is 0 Å². The summed E-state index contributed by atoms with van der Waals surface area (Å²) < 4.78 is 4.73. The zero-order chi connectivity index (χ0) is 11.7. The van der Waals surface area contributed by atoms with Gasteiger partial charge in [-0.3, -0.25) is 0 Å². The molecule has 2 rings (SSSR count). The van der Waals surface area contributed by atoms with Crippen LogP contribution in [-0.4, -0.2) is 36.0 Å². The van der Waals surface area contributed by atoms with Crippen LogP contribution in [0.3, 0.4) is 0 Å². The molecule has 0 saturated heterocycles. The molecule has 0 aromatic heterocycles. The highest BCUT2D eigenvalue weighted by Gasteiger charge is 2.41. The monoisotopic (exact) mass is 224 g/mol. The molecule has 0 amide bonds. The number of esters is 1. The van der Waals surface area contributed by atoms with Crippen molar-refractivity contribution in [2.75, 3.05) is 13.7 Å². The van der Waals surface area contributed by atoms with E-state index >= 15 is 0 Å². The lowest BCUT2D eigenvalue weighted by Gasteiger charge is -2.31. The molecule has 0 heterocycles. The molecule has 0 aliphatic heterocycles. The molecule has 88 valence electrons. The summed E-state index contributed by atoms with van der Waals surface area (Å²) in [5, 5.41) is 19.1. The largest absolute Gasteiger partial charge is 0.466 e. The van der Waals surface area contributed by atoms with Crippen molar-refractivity contribution in [2.24, 2.45) is 11.8 Å². The molecule has 0 fully saturated rings. The van der Waals surface area contributed by atoms with Crippen LogP contribution in [0.4, 0.5) is 0 Å². The van der Waals surface area contributed by atoms with Gasteiger partial charge in [-0.2, -0.15) is 0 Å². The van der Waals surface area contributed by atoms with E-state index < -0.39 is 6.10 Å². The van der Waals surface area contributed by atoms with Crippen LogP contribution in [0.5, 0.6) is 0 Å². The Morgan fingerprint density at radius 2 is 2.25 bits per heavy atom. The van der Waals surface area contributed by atoms with Crippen molar-refractivity contribution in [3.8, 4) is 0 Å². The summed E-state index contributed by atoms with van der Waals surface area (Å²) in [5.74, 6) is -0.475. The molecule has 0 saturated carbocycles. The molecular weight excluding hydrogens is 208 g/mol. The van der Waals surface area contributed by atoms with Crippen LogP contribution < -0.4 is 0 Å². The van der Waals surface area contributed by atoms with Crippen molar-refractivity contribution in [1.29, 1.82) is 0 Å². The van der Waals surface area contributed by atoms with Gasteiger partial charge in [0.25, 0.3) is 0 Å². The SMILES string of the molecule is COC(=O)C1=CC[C@@H](O)[C@H]2C(CO)=CC[C@@H]12. The average Bonchev–Trinajstić information content (AvgIpc) is 2.73. The van der Waals surface area contributed by atoms with Crippen LogP contribution in [-0.2, 0) is 9.53 Å². The first-order chi connectivity index (χ1) is 7.69. The molecular formula is C12H16O4. The van der Waals surface area contributed by atoms with Crippen LogP contribution in [0.2, 0.25) is 0 Å². The Morgan fingerprint density at radius 3 is 2.88 bits per heavy atom. The minimum Gasteiger partial charge on any atom is -0.466 e. The Labute approximate surface area is 94.2 Å². The highest BCUT2D eigenvalue weighted by Crippen LogP contribution is 2.43. The minimum atomic E-state index is -0.501. The zero-order valence-corrected chi connectivity index (χ0v) is 9.22. The third-order valence-corrected chi connectivity index (χ3v) is 3.49. The number of rotatable bonds is 2. The van der Waals surface area contributed by atoms with E-state index in [4.69, 9.17) is 4.74 Å². The number of aliphatic hydroxyl groups excluding tert-OH is 2. The summed E-state index contributed by atoms with van der Waals surface area (Å²) >= 11 is 0. The van der Waals surface area contributed by atoms with Crippen LogP contribution >= 0.6 is 0 Å². The first-order valence-electron chi connectivity index (χ1n) is 5.45. The molecule has 0 spiro atoms. The number of methoxy groups -OCH3 is 1. The van der Waals surface area contributed by atoms with E-state index in [0.717, 1.165) is 5.57 Å². The predicted molar refractivity (Wildman–Crippen MR) is 57.5 cm³/mol. The van der Waals surface area contributed by atoms with Crippen molar-refractivity contribution in [1.82, 2.24) is 0 Å². The average molecular weight is 224 g/mol. The van der Waals surface area contributed by atoms with Gasteiger partial charge >= 0.3 is 5.97 Å². The Kier molecular flexibility index (Phi) is 3.12. The number of carbonyl (C=O) groups is 1. The number of carbonyl (C=O) groups excluding carboxylic acids is 1. The maximum atomic E-state index is 11.6. The number of ether oxygens (including phenoxy) is 1. The summed E-state index contributed by atoms with van der Waals surface area (Å²) in [6, 6.07) is 0. The Hall–Kier alpha value is -1.13. The molecule has 16 heavy (non-hydrogen) atoms. The molecule has 0 aromatic rings. The van der Waals surface area contributed by atoms with Gasteiger partial charge in [-0.05, 0) is 18.4 Å². The third-order valence-electron chi connectivity index (χ3n) is 3.49. The van der Waals surface area contributed by atoms with E-state index in [1.54, 1.807) is 6.08 Å². The summed E-state index contributed by atoms with van der Waals surface area (Å²) in [6.45, 7) is -0.0489. The van der Waals surface area contributed by atoms with Gasteiger partial charge in [0.1, 0.15) is 0 Å². The highest BCUT2D eigenvalue weighted by molar-refractivity contribution is 5.89. The topological polar surface area (TPSA) is 66.8 Å². The fourth-order valence-corrected chi connectivity index (χ4v) is 2.72. The maximum absolute atomic E-state index is 11.6. The van der Waals surface area contributed by atoms with Crippen LogP contribution in [0, 0.1) is 11.8 Å². The standard InChI is InChI=1S/C12H16O4/c1-16-12(15)9-4-5-10(14)11-7(6-13)2-3-8(9)11/h2,4,8,10-11,13-14H,3,5-6H2,1H3/t8-,10+,11-/m0/s1. The van der Waals surface area contributed by atoms with E-state index in [1.807, 2.05) is 6.08 Å². The molecule has 4 heteroatoms. The normalized spacial score (nSPS) is 32.8. The quantitative estimate of drug-likeness (QED) is 0.526. The second-order valence-corrected chi connectivity index (χ2v) is 4.26. The van der Waals surface area contributed by atoms with Gasteiger partial charge in [-0.1, -0.05) is 12.2 Å². The highest BCUT2D eigenvalue weighted by atomic mass is 16.5. The van der Waals surface area contributed by atoms with Crippen molar-refractivity contribution in [2.45, 2.75) is 18.9 Å². The van der Waals surface area contributed by atoms with E-state index in [9.17, 15) is 15.0 Å². The zero-order valence-electron chi connectivity index (χ0n) is 9.22. The summed E-state index contributed by atoms with van der Waals surface area (Å²) in [5.41, 5.74) is 1.48. The third kappa shape index (κ3) is 1.68.